The molecule has 2 rings (SSSR count). The predicted octanol–water partition coefficient (Wildman–Crippen LogP) is 2.44. The highest BCUT2D eigenvalue weighted by Gasteiger charge is 2.42. The van der Waals surface area contributed by atoms with E-state index in [9.17, 15) is 14.7 Å². The Bertz CT molecular complexity index is 551. The highest BCUT2D eigenvalue weighted by atomic mass is 16.5. The predicted molar refractivity (Wildman–Crippen MR) is 78.8 cm³/mol. The Morgan fingerprint density at radius 1 is 1.19 bits per heavy atom. The third-order valence-electron chi connectivity index (χ3n) is 4.15. The molecule has 1 aromatic rings. The molecule has 0 saturated heterocycles. The molecule has 1 aliphatic carbocycles. The number of aryl methyl sites for hydroxylation is 2. The third kappa shape index (κ3) is 2.86. The van der Waals surface area contributed by atoms with E-state index < -0.39 is 11.5 Å². The molecule has 5 heteroatoms. The number of hydrogen-bond acceptors (Lipinski definition) is 3. The molecule has 1 fully saturated rings. The number of carboxylic acids is 1. The summed E-state index contributed by atoms with van der Waals surface area (Å²) >= 11 is 0. The monoisotopic (exact) mass is 291 g/mol. The largest absolute Gasteiger partial charge is 0.496 e. The van der Waals surface area contributed by atoms with Crippen molar-refractivity contribution in [2.45, 2.75) is 45.1 Å². The lowest BCUT2D eigenvalue weighted by molar-refractivity contribution is -0.144. The normalized spacial score (nSPS) is 16.5. The van der Waals surface area contributed by atoms with Gasteiger partial charge in [-0.3, -0.25) is 4.79 Å². The van der Waals surface area contributed by atoms with Crippen molar-refractivity contribution in [3.8, 4) is 5.75 Å². The minimum absolute atomic E-state index is 0.340. The fourth-order valence-electron chi connectivity index (χ4n) is 3.06. The second-order valence-corrected chi connectivity index (χ2v) is 5.69. The summed E-state index contributed by atoms with van der Waals surface area (Å²) in [6, 6.07) is 3.46. The van der Waals surface area contributed by atoms with Crippen LogP contribution in [0.15, 0.2) is 12.1 Å². The molecule has 0 bridgehead atoms. The van der Waals surface area contributed by atoms with E-state index in [4.69, 9.17) is 4.74 Å². The summed E-state index contributed by atoms with van der Waals surface area (Å²) in [6.07, 6.45) is 2.63. The SMILES string of the molecule is COc1c(C)cc(C(=O)NC2(C(=O)O)CCCC2)cc1C. The van der Waals surface area contributed by atoms with E-state index in [2.05, 4.69) is 5.32 Å². The van der Waals surface area contributed by atoms with Gasteiger partial charge in [-0.05, 0) is 49.9 Å². The lowest BCUT2D eigenvalue weighted by atomic mass is 9.96. The number of aliphatic carboxylic acids is 1. The molecule has 0 aliphatic heterocycles. The molecule has 21 heavy (non-hydrogen) atoms. The van der Waals surface area contributed by atoms with Crippen LogP contribution in [0.25, 0.3) is 0 Å². The van der Waals surface area contributed by atoms with E-state index in [1.54, 1.807) is 19.2 Å². The van der Waals surface area contributed by atoms with Crippen molar-refractivity contribution in [2.24, 2.45) is 0 Å². The van der Waals surface area contributed by atoms with Crippen LogP contribution < -0.4 is 10.1 Å². The Morgan fingerprint density at radius 2 is 1.71 bits per heavy atom. The van der Waals surface area contributed by atoms with Crippen LogP contribution in [0.5, 0.6) is 5.75 Å². The first kappa shape index (κ1) is 15.4. The second-order valence-electron chi connectivity index (χ2n) is 5.69. The van der Waals surface area contributed by atoms with Gasteiger partial charge >= 0.3 is 5.97 Å². The molecule has 114 valence electrons. The van der Waals surface area contributed by atoms with Gasteiger partial charge in [0.25, 0.3) is 5.91 Å². The van der Waals surface area contributed by atoms with Crippen molar-refractivity contribution in [1.29, 1.82) is 0 Å². The number of nitrogens with one attached hydrogen (secondary N) is 1. The summed E-state index contributed by atoms with van der Waals surface area (Å²) < 4.78 is 5.28. The molecule has 0 spiro atoms. The Labute approximate surface area is 124 Å². The van der Waals surface area contributed by atoms with Crippen molar-refractivity contribution < 1.29 is 19.4 Å². The first-order valence-corrected chi connectivity index (χ1v) is 7.11. The number of ether oxygens (including phenoxy) is 1. The Morgan fingerprint density at radius 3 is 2.14 bits per heavy atom. The maximum absolute atomic E-state index is 12.4. The number of carbonyl (C=O) groups is 2. The lowest BCUT2D eigenvalue weighted by Crippen LogP contribution is -2.52. The average molecular weight is 291 g/mol. The summed E-state index contributed by atoms with van der Waals surface area (Å²) in [5, 5.41) is 12.1. The fraction of sp³-hybridized carbons (Fsp3) is 0.500. The van der Waals surface area contributed by atoms with Gasteiger partial charge in [0.1, 0.15) is 11.3 Å². The van der Waals surface area contributed by atoms with Crippen LogP contribution in [0.1, 0.15) is 47.2 Å². The van der Waals surface area contributed by atoms with Crippen LogP contribution in [0.2, 0.25) is 0 Å². The maximum atomic E-state index is 12.4. The van der Waals surface area contributed by atoms with Gasteiger partial charge in [-0.2, -0.15) is 0 Å². The number of hydrogen-bond donors (Lipinski definition) is 2. The van der Waals surface area contributed by atoms with Gasteiger partial charge in [0.15, 0.2) is 0 Å². The summed E-state index contributed by atoms with van der Waals surface area (Å²) in [4.78, 5) is 23.9. The molecule has 1 saturated carbocycles. The Balaban J connectivity index is 2.26. The number of carboxylic acid groups (broad SMARTS) is 1. The van der Waals surface area contributed by atoms with Crippen LogP contribution >= 0.6 is 0 Å². The van der Waals surface area contributed by atoms with E-state index in [1.807, 2.05) is 13.8 Å². The Kier molecular flexibility index (Phi) is 4.21. The molecule has 0 heterocycles. The van der Waals surface area contributed by atoms with Crippen molar-refractivity contribution in [3.05, 3.63) is 28.8 Å². The molecule has 2 N–H and O–H groups in total. The van der Waals surface area contributed by atoms with Gasteiger partial charge in [0.05, 0.1) is 7.11 Å². The average Bonchev–Trinajstić information content (AvgIpc) is 2.88. The smallest absolute Gasteiger partial charge is 0.329 e. The van der Waals surface area contributed by atoms with Crippen molar-refractivity contribution in [2.75, 3.05) is 7.11 Å². The van der Waals surface area contributed by atoms with Gasteiger partial charge in [-0.1, -0.05) is 12.8 Å². The summed E-state index contributed by atoms with van der Waals surface area (Å²) in [7, 11) is 1.59. The molecule has 1 aliphatic rings. The van der Waals surface area contributed by atoms with Gasteiger partial charge in [-0.15, -0.1) is 0 Å². The highest BCUT2D eigenvalue weighted by molar-refractivity contribution is 5.98. The number of carbonyl (C=O) groups excluding carboxylic acids is 1. The van der Waals surface area contributed by atoms with E-state index in [0.717, 1.165) is 29.7 Å². The molecule has 0 radical (unpaired) electrons. The van der Waals surface area contributed by atoms with Crippen molar-refractivity contribution >= 4 is 11.9 Å². The molecule has 1 amide bonds. The molecule has 0 unspecified atom stereocenters. The van der Waals surface area contributed by atoms with Crippen LogP contribution in [-0.2, 0) is 4.79 Å². The van der Waals surface area contributed by atoms with Crippen molar-refractivity contribution in [1.82, 2.24) is 5.32 Å². The lowest BCUT2D eigenvalue weighted by Gasteiger charge is -2.25. The second kappa shape index (κ2) is 5.76. The highest BCUT2D eigenvalue weighted by Crippen LogP contribution is 2.31. The van der Waals surface area contributed by atoms with E-state index in [0.29, 0.717) is 18.4 Å². The third-order valence-corrected chi connectivity index (χ3v) is 4.15. The fourth-order valence-corrected chi connectivity index (χ4v) is 3.06. The summed E-state index contributed by atoms with van der Waals surface area (Å²) in [6.45, 7) is 3.73. The van der Waals surface area contributed by atoms with Gasteiger partial charge in [0, 0.05) is 5.56 Å². The maximum Gasteiger partial charge on any atom is 0.329 e. The Hall–Kier alpha value is -2.04. The molecule has 5 nitrogen and oxygen atoms in total. The van der Waals surface area contributed by atoms with E-state index >= 15 is 0 Å². The zero-order valence-corrected chi connectivity index (χ0v) is 12.7. The minimum Gasteiger partial charge on any atom is -0.496 e. The van der Waals surface area contributed by atoms with Crippen LogP contribution in [0.4, 0.5) is 0 Å². The minimum atomic E-state index is -1.11. The number of methoxy groups -OCH3 is 1. The van der Waals surface area contributed by atoms with Gasteiger partial charge in [-0.25, -0.2) is 4.79 Å². The number of rotatable bonds is 4. The summed E-state index contributed by atoms with van der Waals surface area (Å²) in [5.41, 5.74) is 1.08. The molecule has 0 aromatic heterocycles. The first-order chi connectivity index (χ1) is 9.89. The van der Waals surface area contributed by atoms with Crippen molar-refractivity contribution in [3.63, 3.8) is 0 Å². The number of amides is 1. The zero-order chi connectivity index (χ0) is 15.6. The number of benzene rings is 1. The van der Waals surface area contributed by atoms with Crippen LogP contribution in [-0.4, -0.2) is 29.6 Å². The zero-order valence-electron chi connectivity index (χ0n) is 12.7. The molecule has 1 aromatic carbocycles. The first-order valence-electron chi connectivity index (χ1n) is 7.11. The van der Waals surface area contributed by atoms with Gasteiger partial charge < -0.3 is 15.2 Å². The van der Waals surface area contributed by atoms with Crippen LogP contribution in [0.3, 0.4) is 0 Å². The molecular weight excluding hydrogens is 270 g/mol. The molecular formula is C16H21NO4. The van der Waals surface area contributed by atoms with E-state index in [1.165, 1.54) is 0 Å². The standard InChI is InChI=1S/C16H21NO4/c1-10-8-12(9-11(2)13(10)21-3)14(18)17-16(15(19)20)6-4-5-7-16/h8-9H,4-7H2,1-3H3,(H,17,18)(H,19,20). The van der Waals surface area contributed by atoms with Crippen LogP contribution in [0, 0.1) is 13.8 Å². The summed E-state index contributed by atoms with van der Waals surface area (Å²) in [5.74, 6) is -0.538. The topological polar surface area (TPSA) is 75.6 Å². The quantitative estimate of drug-likeness (QED) is 0.893. The van der Waals surface area contributed by atoms with Gasteiger partial charge in [0.2, 0.25) is 0 Å². The molecule has 0 atom stereocenters. The van der Waals surface area contributed by atoms with E-state index in [-0.39, 0.29) is 5.91 Å².